The SMILES string of the molecule is CCCCCCCCCCCCC(C)(CCCCCCCCCCCC)C(=O)OC. The monoisotopic (exact) mass is 424 g/mol. The smallest absolute Gasteiger partial charge is 0.311 e. The van der Waals surface area contributed by atoms with Gasteiger partial charge in [0.25, 0.3) is 0 Å². The molecule has 0 spiro atoms. The van der Waals surface area contributed by atoms with Crippen LogP contribution in [-0.2, 0) is 9.53 Å². The molecule has 0 heterocycles. The third-order valence-corrected chi connectivity index (χ3v) is 6.84. The first-order valence-corrected chi connectivity index (χ1v) is 13.7. The number of ether oxygens (including phenoxy) is 1. The van der Waals surface area contributed by atoms with Crippen molar-refractivity contribution in [2.45, 2.75) is 162 Å². The molecule has 0 fully saturated rings. The molecule has 0 aromatic carbocycles. The average Bonchev–Trinajstić information content (AvgIpc) is 2.75. The first-order chi connectivity index (χ1) is 14.6. The van der Waals surface area contributed by atoms with Crippen molar-refractivity contribution in [1.82, 2.24) is 0 Å². The molecule has 0 atom stereocenters. The Balaban J connectivity index is 3.79. The van der Waals surface area contributed by atoms with Crippen LogP contribution in [0, 0.1) is 5.41 Å². The summed E-state index contributed by atoms with van der Waals surface area (Å²) in [5.41, 5.74) is -0.269. The van der Waals surface area contributed by atoms with Gasteiger partial charge in [-0.05, 0) is 19.8 Å². The van der Waals surface area contributed by atoms with E-state index in [1.165, 1.54) is 128 Å². The molecular formula is C28H56O2. The third-order valence-electron chi connectivity index (χ3n) is 6.84. The van der Waals surface area contributed by atoms with Crippen LogP contribution in [0.2, 0.25) is 0 Å². The summed E-state index contributed by atoms with van der Waals surface area (Å²) in [6.45, 7) is 6.69. The normalized spacial score (nSPS) is 11.7. The van der Waals surface area contributed by atoms with Gasteiger partial charge in [0.2, 0.25) is 0 Å². The van der Waals surface area contributed by atoms with Gasteiger partial charge in [-0.1, -0.05) is 142 Å². The van der Waals surface area contributed by atoms with Crippen molar-refractivity contribution < 1.29 is 9.53 Å². The minimum absolute atomic E-state index is 0.00866. The van der Waals surface area contributed by atoms with Crippen LogP contribution in [0.15, 0.2) is 0 Å². The number of hydrogen-bond donors (Lipinski definition) is 0. The van der Waals surface area contributed by atoms with Crippen LogP contribution < -0.4 is 0 Å². The largest absolute Gasteiger partial charge is 0.469 e. The molecule has 0 unspecified atom stereocenters. The van der Waals surface area contributed by atoms with E-state index in [4.69, 9.17) is 4.74 Å². The van der Waals surface area contributed by atoms with Gasteiger partial charge in [0.15, 0.2) is 0 Å². The summed E-state index contributed by atoms with van der Waals surface area (Å²) in [5, 5.41) is 0. The number of hydrogen-bond acceptors (Lipinski definition) is 2. The van der Waals surface area contributed by atoms with E-state index in [1.807, 2.05) is 0 Å². The molecule has 0 N–H and O–H groups in total. The van der Waals surface area contributed by atoms with Crippen LogP contribution in [-0.4, -0.2) is 13.1 Å². The lowest BCUT2D eigenvalue weighted by molar-refractivity contribution is -0.152. The van der Waals surface area contributed by atoms with Gasteiger partial charge in [-0.3, -0.25) is 4.79 Å². The van der Waals surface area contributed by atoms with E-state index < -0.39 is 0 Å². The lowest BCUT2D eigenvalue weighted by Crippen LogP contribution is -2.29. The number of unbranched alkanes of at least 4 members (excludes halogenated alkanes) is 18. The summed E-state index contributed by atoms with van der Waals surface area (Å²) < 4.78 is 5.16. The van der Waals surface area contributed by atoms with E-state index in [0.717, 1.165) is 12.8 Å². The molecule has 0 bridgehead atoms. The van der Waals surface area contributed by atoms with Gasteiger partial charge in [-0.25, -0.2) is 0 Å². The zero-order valence-corrected chi connectivity index (χ0v) is 21.4. The summed E-state index contributed by atoms with van der Waals surface area (Å²) in [6, 6.07) is 0. The van der Waals surface area contributed by atoms with Gasteiger partial charge in [0.05, 0.1) is 12.5 Å². The maximum Gasteiger partial charge on any atom is 0.311 e. The highest BCUT2D eigenvalue weighted by Crippen LogP contribution is 2.33. The maximum absolute atomic E-state index is 12.4. The predicted molar refractivity (Wildman–Crippen MR) is 133 cm³/mol. The number of carbonyl (C=O) groups is 1. The second-order valence-corrected chi connectivity index (χ2v) is 9.92. The third kappa shape index (κ3) is 17.2. The molecule has 30 heavy (non-hydrogen) atoms. The van der Waals surface area contributed by atoms with Crippen LogP contribution in [0.3, 0.4) is 0 Å². The molecule has 0 aromatic heterocycles. The second-order valence-electron chi connectivity index (χ2n) is 9.92. The van der Waals surface area contributed by atoms with Gasteiger partial charge in [-0.15, -0.1) is 0 Å². The van der Waals surface area contributed by atoms with Crippen molar-refractivity contribution in [3.63, 3.8) is 0 Å². The topological polar surface area (TPSA) is 26.3 Å². The average molecular weight is 425 g/mol. The molecule has 0 aliphatic carbocycles. The quantitative estimate of drug-likeness (QED) is 0.120. The van der Waals surface area contributed by atoms with Gasteiger partial charge in [-0.2, -0.15) is 0 Å². The minimum atomic E-state index is -0.269. The lowest BCUT2D eigenvalue weighted by atomic mass is 9.79. The molecule has 0 aromatic rings. The Morgan fingerprint density at radius 1 is 0.533 bits per heavy atom. The fourth-order valence-corrected chi connectivity index (χ4v) is 4.58. The Bertz CT molecular complexity index is 340. The highest BCUT2D eigenvalue weighted by Gasteiger charge is 2.32. The fourth-order valence-electron chi connectivity index (χ4n) is 4.58. The first kappa shape index (κ1) is 29.5. The van der Waals surface area contributed by atoms with E-state index in [2.05, 4.69) is 20.8 Å². The summed E-state index contributed by atoms with van der Waals surface area (Å²) >= 11 is 0. The van der Waals surface area contributed by atoms with Crippen molar-refractivity contribution in [3.8, 4) is 0 Å². The van der Waals surface area contributed by atoms with Crippen molar-refractivity contribution in [2.75, 3.05) is 7.11 Å². The van der Waals surface area contributed by atoms with E-state index in [-0.39, 0.29) is 11.4 Å². The van der Waals surface area contributed by atoms with Crippen LogP contribution in [0.4, 0.5) is 0 Å². The van der Waals surface area contributed by atoms with Crippen LogP contribution in [0.25, 0.3) is 0 Å². The van der Waals surface area contributed by atoms with Crippen molar-refractivity contribution in [2.24, 2.45) is 5.41 Å². The van der Waals surface area contributed by atoms with Crippen LogP contribution in [0.1, 0.15) is 162 Å². The Morgan fingerprint density at radius 3 is 1.07 bits per heavy atom. The van der Waals surface area contributed by atoms with E-state index >= 15 is 0 Å². The lowest BCUT2D eigenvalue weighted by Gasteiger charge is -2.26. The van der Waals surface area contributed by atoms with Gasteiger partial charge in [0.1, 0.15) is 0 Å². The summed E-state index contributed by atoms with van der Waals surface area (Å²) in [5.74, 6) is 0.00866. The number of rotatable bonds is 23. The second kappa shape index (κ2) is 21.7. The van der Waals surface area contributed by atoms with Crippen LogP contribution >= 0.6 is 0 Å². The standard InChI is InChI=1S/C28H56O2/c1-5-7-9-11-13-15-17-19-21-23-25-28(3,27(29)30-4)26-24-22-20-18-16-14-12-10-8-6-2/h5-26H2,1-4H3. The molecule has 0 amide bonds. The Hall–Kier alpha value is -0.530. The minimum Gasteiger partial charge on any atom is -0.469 e. The molecule has 0 aliphatic rings. The molecule has 0 saturated heterocycles. The molecule has 2 heteroatoms. The van der Waals surface area contributed by atoms with Crippen molar-refractivity contribution in [1.29, 1.82) is 0 Å². The number of methoxy groups -OCH3 is 1. The van der Waals surface area contributed by atoms with Gasteiger partial charge >= 0.3 is 5.97 Å². The first-order valence-electron chi connectivity index (χ1n) is 13.7. The van der Waals surface area contributed by atoms with E-state index in [0.29, 0.717) is 0 Å². The predicted octanol–water partition coefficient (Wildman–Crippen LogP) is 9.79. The van der Waals surface area contributed by atoms with Crippen molar-refractivity contribution in [3.05, 3.63) is 0 Å². The van der Waals surface area contributed by atoms with Gasteiger partial charge < -0.3 is 4.74 Å². The molecule has 0 saturated carbocycles. The molecular weight excluding hydrogens is 368 g/mol. The Morgan fingerprint density at radius 2 is 0.800 bits per heavy atom. The molecule has 0 radical (unpaired) electrons. The molecule has 180 valence electrons. The maximum atomic E-state index is 12.4. The zero-order valence-electron chi connectivity index (χ0n) is 21.4. The number of esters is 1. The summed E-state index contributed by atoms with van der Waals surface area (Å²) in [7, 11) is 1.55. The highest BCUT2D eigenvalue weighted by atomic mass is 16.5. The fraction of sp³-hybridized carbons (Fsp3) is 0.964. The van der Waals surface area contributed by atoms with Crippen molar-refractivity contribution >= 4 is 5.97 Å². The highest BCUT2D eigenvalue weighted by molar-refractivity contribution is 5.76. The molecule has 2 nitrogen and oxygen atoms in total. The zero-order chi connectivity index (χ0) is 22.3. The van der Waals surface area contributed by atoms with Gasteiger partial charge in [0, 0.05) is 0 Å². The molecule has 0 aliphatic heterocycles. The van der Waals surface area contributed by atoms with E-state index in [1.54, 1.807) is 7.11 Å². The Kier molecular flexibility index (Phi) is 21.3. The summed E-state index contributed by atoms with van der Waals surface area (Å²) in [6.07, 6.45) is 28.9. The summed E-state index contributed by atoms with van der Waals surface area (Å²) in [4.78, 5) is 12.4. The molecule has 0 rings (SSSR count). The van der Waals surface area contributed by atoms with Crippen LogP contribution in [0.5, 0.6) is 0 Å². The Labute approximate surface area is 190 Å². The number of carbonyl (C=O) groups excluding carboxylic acids is 1. The van der Waals surface area contributed by atoms with E-state index in [9.17, 15) is 4.79 Å².